The van der Waals surface area contributed by atoms with Crippen molar-refractivity contribution in [3.8, 4) is 0 Å². The van der Waals surface area contributed by atoms with Gasteiger partial charge in [0, 0.05) is 25.4 Å². The number of nitrogens with zero attached hydrogens (tertiary/aromatic N) is 4. The topological polar surface area (TPSA) is 88.3 Å². The molecule has 3 aromatic rings. The Morgan fingerprint density at radius 1 is 1.11 bits per heavy atom. The number of hydrogen-bond acceptors (Lipinski definition) is 4. The molecule has 1 atom stereocenters. The first-order valence-electron chi connectivity index (χ1n) is 9.51. The van der Waals surface area contributed by atoms with E-state index in [4.69, 9.17) is 5.11 Å². The van der Waals surface area contributed by atoms with Crippen LogP contribution in [0.15, 0.2) is 48.5 Å². The molecule has 4 rings (SSSR count). The van der Waals surface area contributed by atoms with Gasteiger partial charge in [-0.05, 0) is 42.7 Å². The fourth-order valence-corrected chi connectivity index (χ4v) is 3.82. The van der Waals surface area contributed by atoms with E-state index in [2.05, 4.69) is 10.3 Å². The molecule has 0 aliphatic carbocycles. The highest BCUT2D eigenvalue weighted by molar-refractivity contribution is 5.87. The van der Waals surface area contributed by atoms with Crippen LogP contribution in [0.2, 0.25) is 0 Å². The second-order valence-electron chi connectivity index (χ2n) is 7.16. The minimum Gasteiger partial charge on any atom is -0.478 e. The summed E-state index contributed by atoms with van der Waals surface area (Å²) in [7, 11) is 0. The average Bonchev–Trinajstić information content (AvgIpc) is 3.15. The van der Waals surface area contributed by atoms with Crippen LogP contribution in [0.1, 0.15) is 41.1 Å². The van der Waals surface area contributed by atoms with Gasteiger partial charge in [0.1, 0.15) is 5.52 Å². The molecule has 144 valence electrons. The Labute approximate surface area is 162 Å². The van der Waals surface area contributed by atoms with Crippen molar-refractivity contribution in [3.05, 3.63) is 59.7 Å². The van der Waals surface area contributed by atoms with Crippen molar-refractivity contribution in [2.75, 3.05) is 13.1 Å². The van der Waals surface area contributed by atoms with Crippen molar-refractivity contribution in [3.63, 3.8) is 0 Å². The summed E-state index contributed by atoms with van der Waals surface area (Å²) < 4.78 is 1.78. The van der Waals surface area contributed by atoms with Crippen LogP contribution in [0.25, 0.3) is 11.0 Å². The van der Waals surface area contributed by atoms with E-state index < -0.39 is 5.97 Å². The Balaban J connectivity index is 1.38. The number of aryl methyl sites for hydroxylation is 1. The summed E-state index contributed by atoms with van der Waals surface area (Å²) in [5, 5.41) is 17.3. The maximum absolute atomic E-state index is 12.7. The Bertz CT molecular complexity index is 996. The van der Waals surface area contributed by atoms with Crippen LogP contribution in [0.4, 0.5) is 0 Å². The molecule has 28 heavy (non-hydrogen) atoms. The number of carbonyl (C=O) groups excluding carboxylic acids is 1. The third-order valence-electron chi connectivity index (χ3n) is 5.36. The van der Waals surface area contributed by atoms with Crippen LogP contribution >= 0.6 is 0 Å². The molecule has 7 heteroatoms. The molecule has 2 heterocycles. The van der Waals surface area contributed by atoms with Gasteiger partial charge in [0.15, 0.2) is 0 Å². The van der Waals surface area contributed by atoms with Crippen LogP contribution in [-0.4, -0.2) is 50.0 Å². The van der Waals surface area contributed by atoms with E-state index in [1.807, 2.05) is 41.3 Å². The van der Waals surface area contributed by atoms with Crippen molar-refractivity contribution >= 4 is 22.9 Å². The zero-order valence-electron chi connectivity index (χ0n) is 15.5. The Morgan fingerprint density at radius 3 is 2.68 bits per heavy atom. The molecule has 0 bridgehead atoms. The SMILES string of the molecule is O=C(O)c1ccc([C@H]2CCCN(C(=O)CCn3nnc4ccccc43)C2)cc1. The number of aromatic nitrogens is 3. The lowest BCUT2D eigenvalue weighted by Crippen LogP contribution is -2.39. The smallest absolute Gasteiger partial charge is 0.335 e. The molecule has 7 nitrogen and oxygen atoms in total. The summed E-state index contributed by atoms with van der Waals surface area (Å²) >= 11 is 0. The fourth-order valence-electron chi connectivity index (χ4n) is 3.82. The lowest BCUT2D eigenvalue weighted by Gasteiger charge is -2.33. The number of carbonyl (C=O) groups is 2. The second kappa shape index (κ2) is 7.80. The highest BCUT2D eigenvalue weighted by Crippen LogP contribution is 2.27. The first kappa shape index (κ1) is 18.2. The monoisotopic (exact) mass is 378 g/mol. The van der Waals surface area contributed by atoms with Gasteiger partial charge in [-0.2, -0.15) is 0 Å². The van der Waals surface area contributed by atoms with Crippen LogP contribution in [-0.2, 0) is 11.3 Å². The molecule has 2 aromatic carbocycles. The van der Waals surface area contributed by atoms with Crippen LogP contribution in [0, 0.1) is 0 Å². The van der Waals surface area contributed by atoms with Crippen molar-refractivity contribution in [2.24, 2.45) is 0 Å². The number of rotatable bonds is 5. The van der Waals surface area contributed by atoms with Crippen molar-refractivity contribution in [1.82, 2.24) is 19.9 Å². The van der Waals surface area contributed by atoms with Crippen LogP contribution < -0.4 is 0 Å². The number of benzene rings is 2. The number of para-hydroxylation sites is 1. The average molecular weight is 378 g/mol. The number of amides is 1. The number of carboxylic acid groups (broad SMARTS) is 1. The van der Waals surface area contributed by atoms with Gasteiger partial charge in [0.25, 0.3) is 0 Å². The lowest BCUT2D eigenvalue weighted by molar-refractivity contribution is -0.132. The normalized spacial score (nSPS) is 17.0. The lowest BCUT2D eigenvalue weighted by atomic mass is 9.90. The van der Waals surface area contributed by atoms with Gasteiger partial charge >= 0.3 is 5.97 Å². The highest BCUT2D eigenvalue weighted by atomic mass is 16.4. The molecule has 0 saturated carbocycles. The largest absolute Gasteiger partial charge is 0.478 e. The summed E-state index contributed by atoms with van der Waals surface area (Å²) in [5.41, 5.74) is 3.14. The zero-order chi connectivity index (χ0) is 19.5. The summed E-state index contributed by atoms with van der Waals surface area (Å²) in [6.45, 7) is 1.94. The van der Waals surface area contributed by atoms with E-state index in [0.29, 0.717) is 19.5 Å². The summed E-state index contributed by atoms with van der Waals surface area (Å²) in [6.07, 6.45) is 2.34. The third kappa shape index (κ3) is 3.74. The number of aromatic carboxylic acids is 1. The summed E-state index contributed by atoms with van der Waals surface area (Å²) in [4.78, 5) is 25.7. The number of hydrogen-bond donors (Lipinski definition) is 1. The molecule has 1 amide bonds. The van der Waals surface area contributed by atoms with Crippen molar-refractivity contribution in [2.45, 2.75) is 31.7 Å². The van der Waals surface area contributed by atoms with E-state index in [1.54, 1.807) is 16.8 Å². The molecule has 0 radical (unpaired) electrons. The maximum Gasteiger partial charge on any atom is 0.335 e. The second-order valence-corrected chi connectivity index (χ2v) is 7.16. The first-order valence-corrected chi connectivity index (χ1v) is 9.51. The number of piperidine rings is 1. The minimum atomic E-state index is -0.923. The molecule has 1 aliphatic rings. The van der Waals surface area contributed by atoms with Crippen LogP contribution in [0.3, 0.4) is 0 Å². The van der Waals surface area contributed by atoms with Gasteiger partial charge in [0.2, 0.25) is 5.91 Å². The van der Waals surface area contributed by atoms with E-state index >= 15 is 0 Å². The van der Waals surface area contributed by atoms with Gasteiger partial charge in [-0.1, -0.05) is 29.5 Å². The molecule has 1 fully saturated rings. The predicted molar refractivity (Wildman–Crippen MR) is 104 cm³/mol. The summed E-state index contributed by atoms with van der Waals surface area (Å²) in [5.74, 6) is -0.563. The Morgan fingerprint density at radius 2 is 1.89 bits per heavy atom. The van der Waals surface area contributed by atoms with E-state index in [9.17, 15) is 9.59 Å². The molecule has 0 unspecified atom stereocenters. The third-order valence-corrected chi connectivity index (χ3v) is 5.36. The van der Waals surface area contributed by atoms with Gasteiger partial charge < -0.3 is 10.0 Å². The quantitative estimate of drug-likeness (QED) is 0.737. The van der Waals surface area contributed by atoms with Crippen molar-refractivity contribution < 1.29 is 14.7 Å². The highest BCUT2D eigenvalue weighted by Gasteiger charge is 2.25. The Kier molecular flexibility index (Phi) is 5.06. The zero-order valence-corrected chi connectivity index (χ0v) is 15.5. The first-order chi connectivity index (χ1) is 13.6. The number of carboxylic acids is 1. The van der Waals surface area contributed by atoms with Gasteiger partial charge in [-0.3, -0.25) is 4.79 Å². The molecule has 1 saturated heterocycles. The molecule has 0 spiro atoms. The molecule has 1 N–H and O–H groups in total. The number of fused-ring (bicyclic) bond motifs is 1. The molecular weight excluding hydrogens is 356 g/mol. The van der Waals surface area contributed by atoms with Gasteiger partial charge in [-0.25, -0.2) is 9.48 Å². The minimum absolute atomic E-state index is 0.117. The van der Waals surface area contributed by atoms with Crippen LogP contribution in [0.5, 0.6) is 0 Å². The molecular formula is C21H22N4O3. The van der Waals surface area contributed by atoms with E-state index in [1.165, 1.54) is 0 Å². The van der Waals surface area contributed by atoms with Crippen molar-refractivity contribution in [1.29, 1.82) is 0 Å². The summed E-state index contributed by atoms with van der Waals surface area (Å²) in [6, 6.07) is 14.7. The van der Waals surface area contributed by atoms with E-state index in [-0.39, 0.29) is 17.4 Å². The van der Waals surface area contributed by atoms with E-state index in [0.717, 1.165) is 36.0 Å². The number of likely N-dealkylation sites (tertiary alicyclic amines) is 1. The fraction of sp³-hybridized carbons (Fsp3) is 0.333. The Hall–Kier alpha value is -3.22. The van der Waals surface area contributed by atoms with Gasteiger partial charge in [-0.15, -0.1) is 5.10 Å². The molecule has 1 aromatic heterocycles. The maximum atomic E-state index is 12.7. The van der Waals surface area contributed by atoms with Gasteiger partial charge in [0.05, 0.1) is 17.6 Å². The predicted octanol–water partition coefficient (Wildman–Crippen LogP) is 2.93. The molecule has 1 aliphatic heterocycles. The standard InChI is InChI=1S/C21H22N4O3/c26-20(11-13-25-19-6-2-1-5-18(19)22-23-25)24-12-3-4-17(14-24)15-7-9-16(10-8-15)21(27)28/h1-2,5-10,17H,3-4,11-14H2,(H,27,28)/t17-/m0/s1.